The van der Waals surface area contributed by atoms with Crippen LogP contribution in [0.2, 0.25) is 0 Å². The van der Waals surface area contributed by atoms with E-state index in [-0.39, 0.29) is 11.3 Å². The van der Waals surface area contributed by atoms with Crippen LogP contribution in [-0.2, 0) is 9.53 Å². The second-order valence-electron chi connectivity index (χ2n) is 5.31. The average Bonchev–Trinajstić information content (AvgIpc) is 2.14. The topological polar surface area (TPSA) is 58.6 Å². The molecule has 16 heavy (non-hydrogen) atoms. The van der Waals surface area contributed by atoms with Crippen LogP contribution in [0.4, 0.5) is 0 Å². The van der Waals surface area contributed by atoms with Crippen molar-refractivity contribution >= 4 is 5.91 Å². The van der Waals surface area contributed by atoms with Crippen LogP contribution in [0.15, 0.2) is 0 Å². The number of nitrogens with one attached hydrogen (secondary N) is 1. The Labute approximate surface area is 98.4 Å². The van der Waals surface area contributed by atoms with E-state index >= 15 is 0 Å². The fraction of sp³-hybridized carbons (Fsp3) is 0.917. The van der Waals surface area contributed by atoms with E-state index in [0.717, 1.165) is 6.42 Å². The van der Waals surface area contributed by atoms with Gasteiger partial charge >= 0.3 is 0 Å². The number of hydrogen-bond acceptors (Lipinski definition) is 3. The summed E-state index contributed by atoms with van der Waals surface area (Å²) in [6, 6.07) is 0. The van der Waals surface area contributed by atoms with Crippen molar-refractivity contribution in [2.75, 3.05) is 20.3 Å². The van der Waals surface area contributed by atoms with Crippen LogP contribution in [0.25, 0.3) is 0 Å². The summed E-state index contributed by atoms with van der Waals surface area (Å²) in [5.41, 5.74) is 0.187. The molecular formula is C12H25NO3. The highest BCUT2D eigenvalue weighted by Gasteiger charge is 2.12. The highest BCUT2D eigenvalue weighted by molar-refractivity contribution is 5.75. The van der Waals surface area contributed by atoms with Gasteiger partial charge in [0.05, 0.1) is 12.7 Å². The van der Waals surface area contributed by atoms with Crippen LogP contribution in [0.3, 0.4) is 0 Å². The molecule has 4 nitrogen and oxygen atoms in total. The first-order valence-electron chi connectivity index (χ1n) is 5.79. The molecule has 0 rings (SSSR count). The molecule has 0 bridgehead atoms. The van der Waals surface area contributed by atoms with Crippen molar-refractivity contribution in [3.05, 3.63) is 0 Å². The molecule has 0 aromatic rings. The first-order valence-corrected chi connectivity index (χ1v) is 5.79. The minimum absolute atomic E-state index is 0.0551. The van der Waals surface area contributed by atoms with Crippen LogP contribution < -0.4 is 5.32 Å². The summed E-state index contributed by atoms with van der Waals surface area (Å²) in [5.74, 6) is 0.0551. The number of amides is 1. The molecule has 0 fully saturated rings. The van der Waals surface area contributed by atoms with Crippen LogP contribution in [0.1, 0.15) is 40.0 Å². The number of aliphatic hydroxyl groups is 1. The van der Waals surface area contributed by atoms with E-state index in [4.69, 9.17) is 4.74 Å². The molecule has 0 saturated carbocycles. The number of hydrogen-bond donors (Lipinski definition) is 2. The van der Waals surface area contributed by atoms with E-state index in [1.807, 2.05) is 0 Å². The number of rotatable bonds is 7. The molecule has 0 aromatic heterocycles. The van der Waals surface area contributed by atoms with Gasteiger partial charge in [0.25, 0.3) is 0 Å². The van der Waals surface area contributed by atoms with E-state index < -0.39 is 6.10 Å². The zero-order valence-corrected chi connectivity index (χ0v) is 10.9. The third-order valence-electron chi connectivity index (χ3n) is 2.26. The monoisotopic (exact) mass is 231 g/mol. The molecule has 0 saturated heterocycles. The molecule has 1 unspecified atom stereocenters. The predicted octanol–water partition coefficient (Wildman–Crippen LogP) is 1.33. The van der Waals surface area contributed by atoms with Crippen molar-refractivity contribution in [1.82, 2.24) is 5.32 Å². The Morgan fingerprint density at radius 3 is 2.56 bits per heavy atom. The van der Waals surface area contributed by atoms with Crippen molar-refractivity contribution in [2.45, 2.75) is 46.1 Å². The number of aliphatic hydroxyl groups excluding tert-OH is 1. The van der Waals surface area contributed by atoms with E-state index in [9.17, 15) is 9.90 Å². The third-order valence-corrected chi connectivity index (χ3v) is 2.26. The molecule has 0 aliphatic heterocycles. The van der Waals surface area contributed by atoms with Crippen LogP contribution in [-0.4, -0.2) is 37.4 Å². The van der Waals surface area contributed by atoms with E-state index in [1.165, 1.54) is 0 Å². The molecule has 1 amide bonds. The number of methoxy groups -OCH3 is 1. The minimum atomic E-state index is -0.493. The van der Waals surface area contributed by atoms with Crippen molar-refractivity contribution < 1.29 is 14.6 Å². The zero-order chi connectivity index (χ0) is 12.6. The Balaban J connectivity index is 3.51. The molecule has 0 aliphatic rings. The predicted molar refractivity (Wildman–Crippen MR) is 64.2 cm³/mol. The summed E-state index contributed by atoms with van der Waals surface area (Å²) in [5, 5.41) is 12.1. The van der Waals surface area contributed by atoms with E-state index in [0.29, 0.717) is 26.0 Å². The first-order chi connectivity index (χ1) is 7.35. The summed E-state index contributed by atoms with van der Waals surface area (Å²) in [4.78, 5) is 11.4. The van der Waals surface area contributed by atoms with Gasteiger partial charge in [0.2, 0.25) is 5.91 Å². The summed E-state index contributed by atoms with van der Waals surface area (Å²) in [6.45, 7) is 7.17. The second kappa shape index (κ2) is 7.63. The number of ether oxygens (including phenoxy) is 1. The van der Waals surface area contributed by atoms with Gasteiger partial charge in [-0.25, -0.2) is 0 Å². The standard InChI is InChI=1S/C12H25NO3/c1-12(2,3)7-5-11(15)13-8-6-10(14)9-16-4/h10,14H,5-9H2,1-4H3,(H,13,15). The molecule has 4 heteroatoms. The lowest BCUT2D eigenvalue weighted by molar-refractivity contribution is -0.121. The van der Waals surface area contributed by atoms with Crippen LogP contribution in [0.5, 0.6) is 0 Å². The Kier molecular flexibility index (Phi) is 7.34. The summed E-state index contributed by atoms with van der Waals surface area (Å²) in [7, 11) is 1.55. The van der Waals surface area contributed by atoms with Crippen molar-refractivity contribution in [1.29, 1.82) is 0 Å². The molecule has 0 spiro atoms. The van der Waals surface area contributed by atoms with Gasteiger partial charge < -0.3 is 15.2 Å². The smallest absolute Gasteiger partial charge is 0.220 e. The fourth-order valence-corrected chi connectivity index (χ4v) is 1.23. The molecule has 1 atom stereocenters. The molecule has 0 radical (unpaired) electrons. The van der Waals surface area contributed by atoms with Gasteiger partial charge in [-0.05, 0) is 18.3 Å². The van der Waals surface area contributed by atoms with Gasteiger partial charge in [-0.1, -0.05) is 20.8 Å². The van der Waals surface area contributed by atoms with Gasteiger partial charge in [0.15, 0.2) is 0 Å². The normalized spacial score (nSPS) is 13.6. The minimum Gasteiger partial charge on any atom is -0.391 e. The van der Waals surface area contributed by atoms with Crippen molar-refractivity contribution in [3.63, 3.8) is 0 Å². The Bertz CT molecular complexity index is 199. The Hall–Kier alpha value is -0.610. The summed E-state index contributed by atoms with van der Waals surface area (Å²) >= 11 is 0. The largest absolute Gasteiger partial charge is 0.391 e. The van der Waals surface area contributed by atoms with Gasteiger partial charge in [-0.3, -0.25) is 4.79 Å². The van der Waals surface area contributed by atoms with Gasteiger partial charge in [-0.15, -0.1) is 0 Å². The molecule has 0 aromatic carbocycles. The fourth-order valence-electron chi connectivity index (χ4n) is 1.23. The summed E-state index contributed by atoms with van der Waals surface area (Å²) in [6.07, 6.45) is 1.46. The lowest BCUT2D eigenvalue weighted by Crippen LogP contribution is -2.29. The number of carbonyl (C=O) groups excluding carboxylic acids is 1. The third kappa shape index (κ3) is 9.93. The van der Waals surface area contributed by atoms with Gasteiger partial charge in [0.1, 0.15) is 0 Å². The molecule has 0 heterocycles. The van der Waals surface area contributed by atoms with E-state index in [1.54, 1.807) is 7.11 Å². The van der Waals surface area contributed by atoms with Gasteiger partial charge in [-0.2, -0.15) is 0 Å². The molecular weight excluding hydrogens is 206 g/mol. The van der Waals surface area contributed by atoms with Gasteiger partial charge in [0, 0.05) is 20.1 Å². The number of carbonyl (C=O) groups is 1. The lowest BCUT2D eigenvalue weighted by Gasteiger charge is -2.17. The first kappa shape index (κ1) is 15.4. The Morgan fingerprint density at radius 2 is 2.06 bits per heavy atom. The van der Waals surface area contributed by atoms with E-state index in [2.05, 4.69) is 26.1 Å². The Morgan fingerprint density at radius 1 is 1.44 bits per heavy atom. The average molecular weight is 231 g/mol. The lowest BCUT2D eigenvalue weighted by atomic mass is 9.90. The molecule has 2 N–H and O–H groups in total. The summed E-state index contributed by atoms with van der Waals surface area (Å²) < 4.78 is 4.79. The highest BCUT2D eigenvalue weighted by Crippen LogP contribution is 2.20. The van der Waals surface area contributed by atoms with Crippen LogP contribution >= 0.6 is 0 Å². The molecule has 96 valence electrons. The highest BCUT2D eigenvalue weighted by atomic mass is 16.5. The maximum Gasteiger partial charge on any atom is 0.220 e. The van der Waals surface area contributed by atoms with Crippen molar-refractivity contribution in [2.24, 2.45) is 5.41 Å². The van der Waals surface area contributed by atoms with Crippen molar-refractivity contribution in [3.8, 4) is 0 Å². The quantitative estimate of drug-likeness (QED) is 0.695. The second-order valence-corrected chi connectivity index (χ2v) is 5.31. The molecule has 0 aliphatic carbocycles. The maximum absolute atomic E-state index is 11.4. The maximum atomic E-state index is 11.4. The SMILES string of the molecule is COCC(O)CCNC(=O)CCC(C)(C)C. The van der Waals surface area contributed by atoms with Crippen LogP contribution in [0, 0.1) is 5.41 Å². The zero-order valence-electron chi connectivity index (χ0n) is 10.9.